The zero-order valence-electron chi connectivity index (χ0n) is 20.0. The Hall–Kier alpha value is -3.35. The summed E-state index contributed by atoms with van der Waals surface area (Å²) in [5.41, 5.74) is 4.37. The van der Waals surface area contributed by atoms with Crippen LogP contribution in [0.3, 0.4) is 0 Å². The zero-order chi connectivity index (χ0) is 25.2. The molecule has 5 nitrogen and oxygen atoms in total. The summed E-state index contributed by atoms with van der Waals surface area (Å²) in [6, 6.07) is 18.8. The number of allylic oxidation sites excluding steroid dienone is 3. The average molecular weight is 520 g/mol. The summed E-state index contributed by atoms with van der Waals surface area (Å²) in [4.78, 5) is 28.3. The highest BCUT2D eigenvalue weighted by Crippen LogP contribution is 2.46. The van der Waals surface area contributed by atoms with E-state index in [-0.39, 0.29) is 18.3 Å². The minimum absolute atomic E-state index is 0.0510. The number of benzene rings is 2. The van der Waals surface area contributed by atoms with E-state index in [2.05, 4.69) is 11.4 Å². The highest BCUT2D eigenvalue weighted by atomic mass is 35.5. The van der Waals surface area contributed by atoms with Crippen LogP contribution in [0.1, 0.15) is 47.6 Å². The molecule has 3 aromatic rings. The number of dihydropyridines is 1. The van der Waals surface area contributed by atoms with Crippen LogP contribution in [0, 0.1) is 0 Å². The van der Waals surface area contributed by atoms with Crippen molar-refractivity contribution in [3.05, 3.63) is 110 Å². The van der Waals surface area contributed by atoms with E-state index in [0.717, 1.165) is 29.0 Å². The number of ketones is 1. The first-order chi connectivity index (χ1) is 17.4. The van der Waals surface area contributed by atoms with Gasteiger partial charge in [-0.2, -0.15) is 0 Å². The van der Waals surface area contributed by atoms with Crippen molar-refractivity contribution in [3.8, 4) is 5.75 Å². The molecule has 0 saturated heterocycles. The fraction of sp³-hybridized carbons (Fsp3) is 0.241. The summed E-state index contributed by atoms with van der Waals surface area (Å²) < 4.78 is 10.9. The summed E-state index contributed by atoms with van der Waals surface area (Å²) in [6.45, 7) is 1.99. The van der Waals surface area contributed by atoms with Crippen LogP contribution < -0.4 is 10.1 Å². The third-order valence-electron chi connectivity index (χ3n) is 6.73. The molecule has 0 bridgehead atoms. The molecule has 1 aliphatic carbocycles. The molecule has 1 N–H and O–H groups in total. The number of nitrogens with one attached hydrogen (secondary N) is 1. The predicted molar refractivity (Wildman–Crippen MR) is 141 cm³/mol. The molecule has 1 aromatic heterocycles. The van der Waals surface area contributed by atoms with Gasteiger partial charge in [0.15, 0.2) is 5.78 Å². The molecular formula is C29H26ClNO4S. The Morgan fingerprint density at radius 2 is 1.83 bits per heavy atom. The van der Waals surface area contributed by atoms with Crippen LogP contribution in [0.2, 0.25) is 5.02 Å². The van der Waals surface area contributed by atoms with Gasteiger partial charge in [-0.25, -0.2) is 4.79 Å². The van der Waals surface area contributed by atoms with Gasteiger partial charge in [-0.3, -0.25) is 4.79 Å². The van der Waals surface area contributed by atoms with Gasteiger partial charge in [0.25, 0.3) is 0 Å². The predicted octanol–water partition coefficient (Wildman–Crippen LogP) is 6.52. The van der Waals surface area contributed by atoms with Crippen LogP contribution in [0.25, 0.3) is 0 Å². The van der Waals surface area contributed by atoms with Gasteiger partial charge in [-0.1, -0.05) is 41.9 Å². The molecule has 2 heterocycles. The van der Waals surface area contributed by atoms with Gasteiger partial charge in [-0.05, 0) is 60.2 Å². The Balaban J connectivity index is 1.47. The monoisotopic (exact) mass is 519 g/mol. The van der Waals surface area contributed by atoms with Crippen molar-refractivity contribution >= 4 is 34.7 Å². The highest BCUT2D eigenvalue weighted by molar-refractivity contribution is 7.10. The van der Waals surface area contributed by atoms with Crippen LogP contribution >= 0.6 is 22.9 Å². The van der Waals surface area contributed by atoms with Gasteiger partial charge in [0.05, 0.1) is 12.7 Å². The second kappa shape index (κ2) is 10.3. The number of ether oxygens (including phenoxy) is 2. The van der Waals surface area contributed by atoms with E-state index in [4.69, 9.17) is 21.1 Å². The molecule has 2 aliphatic rings. The molecule has 1 aliphatic heterocycles. The quantitative estimate of drug-likeness (QED) is 0.376. The lowest BCUT2D eigenvalue weighted by Gasteiger charge is -2.36. The van der Waals surface area contributed by atoms with Gasteiger partial charge in [0.2, 0.25) is 0 Å². The first kappa shape index (κ1) is 24.3. The first-order valence-corrected chi connectivity index (χ1v) is 13.0. The van der Waals surface area contributed by atoms with E-state index in [1.54, 1.807) is 30.6 Å². The molecule has 2 atom stereocenters. The molecule has 2 aromatic carbocycles. The van der Waals surface area contributed by atoms with Gasteiger partial charge in [0.1, 0.15) is 12.4 Å². The molecule has 5 rings (SSSR count). The van der Waals surface area contributed by atoms with Crippen molar-refractivity contribution in [2.75, 3.05) is 7.11 Å². The number of Topliss-reactive ketones (excluding diaryl/α,β-unsaturated/α-hetero) is 1. The molecular weight excluding hydrogens is 494 g/mol. The van der Waals surface area contributed by atoms with Crippen molar-refractivity contribution in [2.45, 2.75) is 38.2 Å². The Kier molecular flexibility index (Phi) is 6.99. The van der Waals surface area contributed by atoms with Crippen molar-refractivity contribution in [2.24, 2.45) is 0 Å². The van der Waals surface area contributed by atoms with Crippen LogP contribution in [0.4, 0.5) is 0 Å². The maximum Gasteiger partial charge on any atom is 0.337 e. The van der Waals surface area contributed by atoms with Gasteiger partial charge in [-0.15, -0.1) is 11.3 Å². The van der Waals surface area contributed by atoms with Gasteiger partial charge >= 0.3 is 5.97 Å². The second-order valence-corrected chi connectivity index (χ2v) is 10.4. The van der Waals surface area contributed by atoms with Crippen LogP contribution in [0.5, 0.6) is 5.75 Å². The minimum Gasteiger partial charge on any atom is -0.497 e. The van der Waals surface area contributed by atoms with Crippen molar-refractivity contribution in [3.63, 3.8) is 0 Å². The highest BCUT2D eigenvalue weighted by Gasteiger charge is 2.41. The normalized spacial score (nSPS) is 19.6. The minimum atomic E-state index is -0.515. The molecule has 0 unspecified atom stereocenters. The smallest absolute Gasteiger partial charge is 0.337 e. The summed E-state index contributed by atoms with van der Waals surface area (Å²) in [7, 11) is 1.61. The number of carbonyl (C=O) groups excluding carboxylic acids is 2. The fourth-order valence-corrected chi connectivity index (χ4v) is 5.93. The van der Waals surface area contributed by atoms with E-state index in [0.29, 0.717) is 28.3 Å². The van der Waals surface area contributed by atoms with E-state index in [1.165, 1.54) is 4.88 Å². The number of hydrogen-bond donors (Lipinski definition) is 1. The first-order valence-electron chi connectivity index (χ1n) is 11.8. The lowest BCUT2D eigenvalue weighted by Crippen LogP contribution is -2.36. The molecule has 0 saturated carbocycles. The Labute approximate surface area is 219 Å². The van der Waals surface area contributed by atoms with E-state index in [9.17, 15) is 9.59 Å². The fourth-order valence-electron chi connectivity index (χ4n) is 4.97. The van der Waals surface area contributed by atoms with Crippen LogP contribution in [-0.2, 0) is 20.9 Å². The summed E-state index contributed by atoms with van der Waals surface area (Å²) in [5, 5.41) is 6.03. The SMILES string of the molecule is COc1ccc(COC(=O)C2=C(C)NC3=C(C(=O)C[C@@H](c4cccs4)C3)[C@H]2c2ccc(Cl)cc2)cc1. The zero-order valence-corrected chi connectivity index (χ0v) is 21.6. The van der Waals surface area contributed by atoms with Crippen molar-refractivity contribution < 1.29 is 19.1 Å². The molecule has 7 heteroatoms. The lowest BCUT2D eigenvalue weighted by atomic mass is 9.72. The Morgan fingerprint density at radius 1 is 1.08 bits per heavy atom. The largest absolute Gasteiger partial charge is 0.497 e. The second-order valence-electron chi connectivity index (χ2n) is 9.01. The summed E-state index contributed by atoms with van der Waals surface area (Å²) in [5.74, 6) is -0.0470. The van der Waals surface area contributed by atoms with Gasteiger partial charge < -0.3 is 14.8 Å². The van der Waals surface area contributed by atoms with Crippen LogP contribution in [0.15, 0.2) is 88.6 Å². The Morgan fingerprint density at radius 3 is 2.50 bits per heavy atom. The molecule has 0 fully saturated rings. The number of rotatable bonds is 6. The number of esters is 1. The maximum absolute atomic E-state index is 13.6. The number of halogens is 1. The van der Waals surface area contributed by atoms with E-state index >= 15 is 0 Å². The standard InChI is InChI=1S/C29H26ClNO4S/c1-17-26(29(33)35-16-18-5-11-22(34-2)12-6-18)27(19-7-9-21(30)10-8-19)28-23(31-17)14-20(15-24(28)32)25-4-3-13-36-25/h3-13,20,27,31H,14-16H2,1-2H3/t20-,27-/m0/s1. The molecule has 36 heavy (non-hydrogen) atoms. The molecule has 0 radical (unpaired) electrons. The third kappa shape index (κ3) is 4.84. The maximum atomic E-state index is 13.6. The summed E-state index contributed by atoms with van der Waals surface area (Å²) >= 11 is 7.83. The number of carbonyl (C=O) groups is 2. The topological polar surface area (TPSA) is 64.6 Å². The van der Waals surface area contributed by atoms with Crippen molar-refractivity contribution in [1.29, 1.82) is 0 Å². The van der Waals surface area contributed by atoms with E-state index in [1.807, 2.05) is 54.8 Å². The third-order valence-corrected chi connectivity index (χ3v) is 8.01. The molecule has 184 valence electrons. The average Bonchev–Trinajstić information content (AvgIpc) is 3.42. The summed E-state index contributed by atoms with van der Waals surface area (Å²) in [6.07, 6.45) is 1.13. The molecule has 0 spiro atoms. The Bertz CT molecular complexity index is 1340. The lowest BCUT2D eigenvalue weighted by molar-refractivity contribution is -0.140. The number of thiophene rings is 1. The van der Waals surface area contributed by atoms with Gasteiger partial charge in [0, 0.05) is 45.1 Å². The van der Waals surface area contributed by atoms with E-state index < -0.39 is 11.9 Å². The molecule has 0 amide bonds. The number of methoxy groups -OCH3 is 1. The van der Waals surface area contributed by atoms with Crippen molar-refractivity contribution in [1.82, 2.24) is 5.32 Å². The number of hydrogen-bond acceptors (Lipinski definition) is 6. The van der Waals surface area contributed by atoms with Crippen LogP contribution in [-0.4, -0.2) is 18.9 Å².